The second-order valence-corrected chi connectivity index (χ2v) is 6.74. The van der Waals surface area contributed by atoms with Crippen molar-refractivity contribution < 1.29 is 27.0 Å². The van der Waals surface area contributed by atoms with Crippen LogP contribution in [-0.4, -0.2) is 23.7 Å². The Hall–Kier alpha value is -1.96. The van der Waals surface area contributed by atoms with Gasteiger partial charge in [0.2, 0.25) is 5.95 Å². The Labute approximate surface area is 166 Å². The van der Waals surface area contributed by atoms with Crippen molar-refractivity contribution >= 4 is 31.9 Å². The second-order valence-electron chi connectivity index (χ2n) is 5.93. The van der Waals surface area contributed by atoms with E-state index in [2.05, 4.69) is 15.3 Å². The van der Waals surface area contributed by atoms with Gasteiger partial charge in [0, 0.05) is 6.20 Å². The molecule has 1 N–H and O–H groups in total. The smallest absolute Gasteiger partial charge is 0.494 e. The van der Waals surface area contributed by atoms with Crippen molar-refractivity contribution in [1.29, 1.82) is 0 Å². The van der Waals surface area contributed by atoms with Crippen molar-refractivity contribution in [3.63, 3.8) is 0 Å². The molecule has 0 aliphatic carbocycles. The number of methoxy groups -OCH3 is 1. The van der Waals surface area contributed by atoms with Gasteiger partial charge in [-0.1, -0.05) is 31.0 Å². The van der Waals surface area contributed by atoms with E-state index in [0.717, 1.165) is 12.0 Å². The molecule has 152 valence electrons. The van der Waals surface area contributed by atoms with Gasteiger partial charge in [-0.3, -0.25) is 0 Å². The van der Waals surface area contributed by atoms with E-state index in [1.165, 1.54) is 7.11 Å². The quantitative estimate of drug-likeness (QED) is 0.417. The minimum absolute atomic E-state index is 0.0830. The predicted molar refractivity (Wildman–Crippen MR) is 101 cm³/mol. The van der Waals surface area contributed by atoms with Gasteiger partial charge >= 0.3 is 14.9 Å². The van der Waals surface area contributed by atoms with Crippen LogP contribution >= 0.6 is 20.3 Å². The molecule has 6 nitrogen and oxygen atoms in total. The van der Waals surface area contributed by atoms with Crippen LogP contribution in [0.25, 0.3) is 0 Å². The number of hydrogen-bond acceptors (Lipinski definition) is 6. The molecule has 0 radical (unpaired) electrons. The Bertz CT molecular complexity index is 824. The summed E-state index contributed by atoms with van der Waals surface area (Å²) < 4.78 is 59.1. The summed E-state index contributed by atoms with van der Waals surface area (Å²) in [6, 6.07) is 5.36. The first kappa shape index (κ1) is 22.3. The van der Waals surface area contributed by atoms with Crippen molar-refractivity contribution in [2.75, 3.05) is 19.0 Å². The molecule has 0 aliphatic rings. The number of nitrogens with zero attached hydrogens (tertiary/aromatic N) is 2. The summed E-state index contributed by atoms with van der Waals surface area (Å²) in [6.45, 7) is 2.40. The van der Waals surface area contributed by atoms with Gasteiger partial charge in [-0.05, 0) is 34.6 Å². The van der Waals surface area contributed by atoms with E-state index in [1.54, 1.807) is 12.1 Å². The van der Waals surface area contributed by atoms with Crippen molar-refractivity contribution in [2.45, 2.75) is 25.9 Å². The molecule has 28 heavy (non-hydrogen) atoms. The summed E-state index contributed by atoms with van der Waals surface area (Å²) in [5.74, 6) is 0.584. The van der Waals surface area contributed by atoms with Crippen LogP contribution in [0.15, 0.2) is 24.4 Å². The Balaban J connectivity index is 2.18. The molecule has 2 atom stereocenters. The normalized spacial score (nSPS) is 12.8. The van der Waals surface area contributed by atoms with Crippen LogP contribution in [0.5, 0.6) is 5.75 Å². The molecule has 0 fully saturated rings. The van der Waals surface area contributed by atoms with E-state index in [0.29, 0.717) is 30.7 Å². The van der Waals surface area contributed by atoms with Gasteiger partial charge in [0.15, 0.2) is 0 Å². The van der Waals surface area contributed by atoms with Crippen LogP contribution in [0.2, 0.25) is 5.15 Å². The van der Waals surface area contributed by atoms with Crippen LogP contribution in [0.4, 0.5) is 24.8 Å². The Morgan fingerprint density at radius 2 is 2.11 bits per heavy atom. The molecular weight excluding hydrogens is 418 g/mol. The molecule has 0 saturated heterocycles. The number of rotatable bonds is 9. The molecule has 2 rings (SSSR count). The standard InChI is InChI=1S/C17H19ClF3N3O3P/c1-3-10(9-27-28-25)6-11-4-5-13(14(7-11)26-2)23-16-22-8-12(15(18)24-16)17(19,20)21/h4-5,7-8,10,28H,3,6,9H2,1-2H3,(H,22,23,24)/q+1. The van der Waals surface area contributed by atoms with Crippen LogP contribution in [-0.2, 0) is 21.7 Å². The van der Waals surface area contributed by atoms with E-state index >= 15 is 0 Å². The fourth-order valence-electron chi connectivity index (χ4n) is 2.50. The number of benzene rings is 1. The number of hydrogen-bond donors (Lipinski definition) is 1. The van der Waals surface area contributed by atoms with E-state index < -0.39 is 25.6 Å². The number of anilines is 2. The number of alkyl halides is 3. The average Bonchev–Trinajstić information content (AvgIpc) is 2.65. The summed E-state index contributed by atoms with van der Waals surface area (Å²) in [7, 11) is 0.684. The summed E-state index contributed by atoms with van der Waals surface area (Å²) in [5.41, 5.74) is 0.347. The minimum atomic E-state index is -4.62. The molecule has 11 heteroatoms. The third-order valence-corrected chi connectivity index (χ3v) is 4.61. The van der Waals surface area contributed by atoms with Gasteiger partial charge in [-0.15, -0.1) is 4.52 Å². The van der Waals surface area contributed by atoms with Crippen molar-refractivity contribution in [1.82, 2.24) is 9.97 Å². The van der Waals surface area contributed by atoms with Gasteiger partial charge < -0.3 is 10.1 Å². The summed E-state index contributed by atoms with van der Waals surface area (Å²) in [6.07, 6.45) is -2.45. The Morgan fingerprint density at radius 1 is 1.36 bits per heavy atom. The summed E-state index contributed by atoms with van der Waals surface area (Å²) >= 11 is 5.62. The highest BCUT2D eigenvalue weighted by Crippen LogP contribution is 2.34. The highest BCUT2D eigenvalue weighted by Gasteiger charge is 2.34. The molecule has 1 aromatic heterocycles. The number of aromatic nitrogens is 2. The first-order valence-electron chi connectivity index (χ1n) is 8.31. The first-order valence-corrected chi connectivity index (χ1v) is 9.50. The lowest BCUT2D eigenvalue weighted by molar-refractivity contribution is -0.137. The zero-order valence-electron chi connectivity index (χ0n) is 15.1. The zero-order chi connectivity index (χ0) is 20.7. The predicted octanol–water partition coefficient (Wildman–Crippen LogP) is 5.43. The van der Waals surface area contributed by atoms with Crippen molar-refractivity contribution in [3.8, 4) is 5.75 Å². The van der Waals surface area contributed by atoms with E-state index in [9.17, 15) is 17.7 Å². The second kappa shape index (κ2) is 10.0. The van der Waals surface area contributed by atoms with Gasteiger partial charge in [0.25, 0.3) is 0 Å². The Morgan fingerprint density at radius 3 is 2.68 bits per heavy atom. The van der Waals surface area contributed by atoms with E-state index in [4.69, 9.17) is 20.9 Å². The summed E-state index contributed by atoms with van der Waals surface area (Å²) in [5, 5.41) is 2.12. The zero-order valence-corrected chi connectivity index (χ0v) is 16.9. The van der Waals surface area contributed by atoms with Gasteiger partial charge in [0.1, 0.15) is 23.1 Å². The van der Waals surface area contributed by atoms with Gasteiger partial charge in [0.05, 0.1) is 12.8 Å². The average molecular weight is 437 g/mol. The lowest BCUT2D eigenvalue weighted by Crippen LogP contribution is -2.10. The number of ether oxygens (including phenoxy) is 1. The molecule has 1 aromatic carbocycles. The summed E-state index contributed by atoms with van der Waals surface area (Å²) in [4.78, 5) is 7.32. The first-order chi connectivity index (χ1) is 13.3. The SMILES string of the molecule is CCC(CO[PH+]=O)Cc1ccc(Nc2ncc(C(F)(F)F)c(Cl)n2)c(OC)c1. The van der Waals surface area contributed by atoms with Crippen LogP contribution < -0.4 is 10.1 Å². The maximum atomic E-state index is 12.8. The molecule has 1 heterocycles. The minimum Gasteiger partial charge on any atom is -0.495 e. The van der Waals surface area contributed by atoms with E-state index in [-0.39, 0.29) is 11.9 Å². The molecule has 0 bridgehead atoms. The Kier molecular flexibility index (Phi) is 7.98. The van der Waals surface area contributed by atoms with Gasteiger partial charge in [-0.25, -0.2) is 9.97 Å². The maximum Gasteiger partial charge on any atom is 0.494 e. The lowest BCUT2D eigenvalue weighted by Gasteiger charge is -2.15. The third-order valence-electron chi connectivity index (χ3n) is 4.04. The number of nitrogens with one attached hydrogen (secondary N) is 1. The molecule has 0 spiro atoms. The third kappa shape index (κ3) is 6.02. The van der Waals surface area contributed by atoms with E-state index in [1.807, 2.05) is 13.0 Å². The molecule has 2 unspecified atom stereocenters. The largest absolute Gasteiger partial charge is 0.495 e. The van der Waals surface area contributed by atoms with Gasteiger partial charge in [-0.2, -0.15) is 13.2 Å². The molecular formula is C17H19ClF3N3O3P+. The topological polar surface area (TPSA) is 73.3 Å². The highest BCUT2D eigenvalue weighted by molar-refractivity contribution is 7.17. The molecule has 0 aliphatic heterocycles. The molecule has 2 aromatic rings. The lowest BCUT2D eigenvalue weighted by atomic mass is 9.97. The monoisotopic (exact) mass is 436 g/mol. The molecule has 0 saturated carbocycles. The maximum absolute atomic E-state index is 12.8. The molecule has 0 amide bonds. The van der Waals surface area contributed by atoms with Crippen molar-refractivity contribution in [2.24, 2.45) is 5.92 Å². The fraction of sp³-hybridized carbons (Fsp3) is 0.412. The van der Waals surface area contributed by atoms with Crippen LogP contribution in [0, 0.1) is 5.92 Å². The number of halogens is 4. The van der Waals surface area contributed by atoms with Crippen LogP contribution in [0.3, 0.4) is 0 Å². The van der Waals surface area contributed by atoms with Crippen molar-refractivity contribution in [3.05, 3.63) is 40.7 Å². The highest BCUT2D eigenvalue weighted by atomic mass is 35.5. The fourth-order valence-corrected chi connectivity index (χ4v) is 3.04. The van der Waals surface area contributed by atoms with Crippen LogP contribution in [0.1, 0.15) is 24.5 Å².